The number of nitrogens with zero attached hydrogens (tertiary/aromatic N) is 3. The van der Waals surface area contributed by atoms with Gasteiger partial charge in [0, 0.05) is 12.1 Å². The zero-order valence-corrected chi connectivity index (χ0v) is 12.6. The molecule has 0 spiro atoms. The average Bonchev–Trinajstić information content (AvgIpc) is 2.46. The molecule has 0 amide bonds. The summed E-state index contributed by atoms with van der Waals surface area (Å²) in [7, 11) is 0. The highest BCUT2D eigenvalue weighted by atomic mass is 16.6. The van der Waals surface area contributed by atoms with Crippen molar-refractivity contribution in [2.45, 2.75) is 26.7 Å². The smallest absolute Gasteiger partial charge is 0.269 e. The van der Waals surface area contributed by atoms with Crippen LogP contribution in [0.4, 0.5) is 17.1 Å². The van der Waals surface area contributed by atoms with Crippen LogP contribution in [0, 0.1) is 17.0 Å². The normalized spacial score (nSPS) is 11.3. The lowest BCUT2D eigenvalue weighted by atomic mass is 9.99. The van der Waals surface area contributed by atoms with Crippen LogP contribution in [0.1, 0.15) is 30.9 Å². The Morgan fingerprint density at radius 3 is 2.32 bits per heavy atom. The van der Waals surface area contributed by atoms with Crippen LogP contribution >= 0.6 is 0 Å². The van der Waals surface area contributed by atoms with Gasteiger partial charge in [-0.05, 0) is 48.2 Å². The molecule has 0 radical (unpaired) electrons. The summed E-state index contributed by atoms with van der Waals surface area (Å²) in [5.74, 6) is 0.427. The lowest BCUT2D eigenvalue weighted by molar-refractivity contribution is -0.384. The Morgan fingerprint density at radius 1 is 1.14 bits per heavy atom. The largest absolute Gasteiger partial charge is 0.508 e. The van der Waals surface area contributed by atoms with E-state index < -0.39 is 4.92 Å². The van der Waals surface area contributed by atoms with Crippen LogP contribution in [0.3, 0.4) is 0 Å². The number of hydrogen-bond acceptors (Lipinski definition) is 5. The number of benzene rings is 2. The van der Waals surface area contributed by atoms with Gasteiger partial charge < -0.3 is 5.11 Å². The van der Waals surface area contributed by atoms with E-state index in [0.717, 1.165) is 11.1 Å². The second-order valence-electron chi connectivity index (χ2n) is 5.33. The average molecular weight is 299 g/mol. The van der Waals surface area contributed by atoms with Crippen molar-refractivity contribution in [3.8, 4) is 5.75 Å². The zero-order valence-electron chi connectivity index (χ0n) is 12.6. The Morgan fingerprint density at radius 2 is 1.77 bits per heavy atom. The lowest BCUT2D eigenvalue weighted by Crippen LogP contribution is -1.89. The summed E-state index contributed by atoms with van der Waals surface area (Å²) in [6, 6.07) is 9.33. The van der Waals surface area contributed by atoms with Crippen molar-refractivity contribution >= 4 is 17.1 Å². The maximum atomic E-state index is 10.6. The van der Waals surface area contributed by atoms with Crippen molar-refractivity contribution in [1.82, 2.24) is 0 Å². The molecule has 22 heavy (non-hydrogen) atoms. The summed E-state index contributed by atoms with van der Waals surface area (Å²) in [5, 5.41) is 28.8. The van der Waals surface area contributed by atoms with E-state index in [1.165, 1.54) is 12.1 Å². The molecule has 0 heterocycles. The molecule has 0 atom stereocenters. The van der Waals surface area contributed by atoms with Gasteiger partial charge in [-0.25, -0.2) is 0 Å². The third-order valence-corrected chi connectivity index (χ3v) is 3.30. The molecular weight excluding hydrogens is 282 g/mol. The fraction of sp³-hybridized carbons (Fsp3) is 0.250. The van der Waals surface area contributed by atoms with Gasteiger partial charge in [0.05, 0.1) is 16.3 Å². The minimum absolute atomic E-state index is 0.0156. The molecule has 1 N–H and O–H groups in total. The summed E-state index contributed by atoms with van der Waals surface area (Å²) in [5.41, 5.74) is 2.83. The number of azo groups is 1. The minimum atomic E-state index is -0.458. The van der Waals surface area contributed by atoms with E-state index >= 15 is 0 Å². The highest BCUT2D eigenvalue weighted by Gasteiger charge is 2.10. The number of nitro groups is 1. The number of hydrogen-bond donors (Lipinski definition) is 1. The van der Waals surface area contributed by atoms with Crippen molar-refractivity contribution in [1.29, 1.82) is 0 Å². The van der Waals surface area contributed by atoms with Crippen LogP contribution in [-0.4, -0.2) is 10.0 Å². The molecule has 0 bridgehead atoms. The van der Waals surface area contributed by atoms with E-state index in [4.69, 9.17) is 0 Å². The van der Waals surface area contributed by atoms with E-state index in [-0.39, 0.29) is 17.4 Å². The molecule has 2 rings (SSSR count). The Hall–Kier alpha value is -2.76. The number of aryl methyl sites for hydroxylation is 1. The number of phenolic OH excluding ortho intramolecular Hbond substituents is 1. The number of phenols is 1. The van der Waals surface area contributed by atoms with Crippen LogP contribution < -0.4 is 0 Å². The first-order valence-corrected chi connectivity index (χ1v) is 6.88. The molecule has 0 saturated carbocycles. The molecule has 0 saturated heterocycles. The molecule has 0 aliphatic rings. The van der Waals surface area contributed by atoms with E-state index in [1.807, 2.05) is 26.8 Å². The zero-order chi connectivity index (χ0) is 16.3. The quantitative estimate of drug-likeness (QED) is 0.481. The van der Waals surface area contributed by atoms with Gasteiger partial charge in [0.1, 0.15) is 5.75 Å². The van der Waals surface area contributed by atoms with Crippen LogP contribution in [0.15, 0.2) is 46.6 Å². The van der Waals surface area contributed by atoms with Crippen molar-refractivity contribution in [3.63, 3.8) is 0 Å². The highest BCUT2D eigenvalue weighted by molar-refractivity contribution is 5.54. The van der Waals surface area contributed by atoms with Gasteiger partial charge in [0.15, 0.2) is 0 Å². The minimum Gasteiger partial charge on any atom is -0.508 e. The molecule has 2 aromatic rings. The van der Waals surface area contributed by atoms with Gasteiger partial charge in [-0.15, -0.1) is 0 Å². The predicted octanol–water partition coefficient (Wildman–Crippen LogP) is 5.15. The van der Waals surface area contributed by atoms with E-state index in [2.05, 4.69) is 10.2 Å². The second-order valence-corrected chi connectivity index (χ2v) is 5.33. The maximum absolute atomic E-state index is 10.6. The fourth-order valence-electron chi connectivity index (χ4n) is 2.02. The SMILES string of the molecule is Cc1cc(O)c(C(C)C)cc1N=Nc1ccc([N+](=O)[O-])cc1. The summed E-state index contributed by atoms with van der Waals surface area (Å²) < 4.78 is 0. The molecule has 114 valence electrons. The Bertz CT molecular complexity index is 722. The first kappa shape index (κ1) is 15.6. The lowest BCUT2D eigenvalue weighted by Gasteiger charge is -2.10. The van der Waals surface area contributed by atoms with E-state index in [0.29, 0.717) is 11.4 Å². The fourth-order valence-corrected chi connectivity index (χ4v) is 2.02. The molecule has 6 heteroatoms. The van der Waals surface area contributed by atoms with E-state index in [1.54, 1.807) is 18.2 Å². The van der Waals surface area contributed by atoms with Gasteiger partial charge in [-0.1, -0.05) is 13.8 Å². The molecule has 0 aliphatic carbocycles. The van der Waals surface area contributed by atoms with Gasteiger partial charge >= 0.3 is 0 Å². The first-order valence-electron chi connectivity index (χ1n) is 6.88. The molecule has 0 aromatic heterocycles. The third kappa shape index (κ3) is 3.46. The molecular formula is C16H17N3O3. The highest BCUT2D eigenvalue weighted by Crippen LogP contribution is 2.33. The van der Waals surface area contributed by atoms with E-state index in [9.17, 15) is 15.2 Å². The Labute approximate surface area is 128 Å². The van der Waals surface area contributed by atoms with Crippen LogP contribution in [0.25, 0.3) is 0 Å². The monoisotopic (exact) mass is 299 g/mol. The van der Waals surface area contributed by atoms with Crippen molar-refractivity contribution in [2.24, 2.45) is 10.2 Å². The van der Waals surface area contributed by atoms with Gasteiger partial charge in [-0.3, -0.25) is 10.1 Å². The second kappa shape index (κ2) is 6.34. The van der Waals surface area contributed by atoms with Crippen molar-refractivity contribution in [3.05, 3.63) is 57.6 Å². The van der Waals surface area contributed by atoms with Gasteiger partial charge in [0.2, 0.25) is 0 Å². The van der Waals surface area contributed by atoms with Crippen LogP contribution in [0.2, 0.25) is 0 Å². The van der Waals surface area contributed by atoms with Crippen LogP contribution in [0.5, 0.6) is 5.75 Å². The van der Waals surface area contributed by atoms with Crippen molar-refractivity contribution in [2.75, 3.05) is 0 Å². The first-order chi connectivity index (χ1) is 10.4. The Balaban J connectivity index is 2.29. The number of nitro benzene ring substituents is 1. The predicted molar refractivity (Wildman–Crippen MR) is 84.2 cm³/mol. The number of aromatic hydroxyl groups is 1. The third-order valence-electron chi connectivity index (χ3n) is 3.30. The summed E-state index contributed by atoms with van der Waals surface area (Å²) in [6.45, 7) is 5.82. The maximum Gasteiger partial charge on any atom is 0.269 e. The molecule has 0 aliphatic heterocycles. The number of rotatable bonds is 4. The van der Waals surface area contributed by atoms with Crippen molar-refractivity contribution < 1.29 is 10.0 Å². The topological polar surface area (TPSA) is 88.1 Å². The van der Waals surface area contributed by atoms with Crippen LogP contribution in [-0.2, 0) is 0 Å². The summed E-state index contributed by atoms with van der Waals surface area (Å²) >= 11 is 0. The molecule has 2 aromatic carbocycles. The van der Waals surface area contributed by atoms with Gasteiger partial charge in [-0.2, -0.15) is 10.2 Å². The molecule has 6 nitrogen and oxygen atoms in total. The van der Waals surface area contributed by atoms with Gasteiger partial charge in [0.25, 0.3) is 5.69 Å². The summed E-state index contributed by atoms with van der Waals surface area (Å²) in [6.07, 6.45) is 0. The standard InChI is InChI=1S/C16H17N3O3/c1-10(2)14-9-15(11(3)8-16(14)20)18-17-12-4-6-13(7-5-12)19(21)22/h4-10,20H,1-3H3. The molecule has 0 unspecified atom stereocenters. The number of non-ortho nitro benzene ring substituents is 1. The Kier molecular flexibility index (Phi) is 4.50. The summed E-state index contributed by atoms with van der Waals surface area (Å²) in [4.78, 5) is 10.1. The molecule has 0 fully saturated rings.